The molecule has 144 valence electrons. The van der Waals surface area contributed by atoms with Crippen molar-refractivity contribution in [3.63, 3.8) is 0 Å². The summed E-state index contributed by atoms with van der Waals surface area (Å²) in [5, 5.41) is 6.31. The maximum atomic E-state index is 12.6. The van der Waals surface area contributed by atoms with Crippen LogP contribution in [0.1, 0.15) is 16.8 Å². The quantitative estimate of drug-likeness (QED) is 0.736. The van der Waals surface area contributed by atoms with Crippen molar-refractivity contribution in [1.29, 1.82) is 0 Å². The molecule has 5 nitrogen and oxygen atoms in total. The standard InChI is InChI=1S/C20H16F3N3O2/c21-20(22,23)18-7-9-26(25-18)16-4-2-15(3-5-16)24-19(27)12-13-1-6-17-14(11-13)8-10-28-17/h1-7,9,11H,8,10,12H2,(H,24,27). The van der Waals surface area contributed by atoms with Crippen molar-refractivity contribution in [2.45, 2.75) is 19.0 Å². The minimum atomic E-state index is -4.48. The van der Waals surface area contributed by atoms with E-state index in [0.717, 1.165) is 34.0 Å². The maximum absolute atomic E-state index is 12.6. The van der Waals surface area contributed by atoms with Crippen molar-refractivity contribution in [2.24, 2.45) is 0 Å². The average Bonchev–Trinajstić information content (AvgIpc) is 3.31. The van der Waals surface area contributed by atoms with Crippen LogP contribution >= 0.6 is 0 Å². The predicted octanol–water partition coefficient (Wildman–Crippen LogP) is 4.01. The van der Waals surface area contributed by atoms with E-state index >= 15 is 0 Å². The van der Waals surface area contributed by atoms with Gasteiger partial charge in [0.1, 0.15) is 5.75 Å². The van der Waals surface area contributed by atoms with Crippen molar-refractivity contribution in [1.82, 2.24) is 9.78 Å². The fraction of sp³-hybridized carbons (Fsp3) is 0.200. The number of halogens is 3. The molecule has 0 unspecified atom stereocenters. The Morgan fingerprint density at radius 1 is 1.14 bits per heavy atom. The number of ether oxygens (including phenoxy) is 1. The van der Waals surface area contributed by atoms with Gasteiger partial charge in [-0.25, -0.2) is 4.68 Å². The predicted molar refractivity (Wildman–Crippen MR) is 96.5 cm³/mol. The van der Waals surface area contributed by atoms with Gasteiger partial charge in [-0.3, -0.25) is 4.79 Å². The van der Waals surface area contributed by atoms with E-state index < -0.39 is 11.9 Å². The van der Waals surface area contributed by atoms with Gasteiger partial charge in [-0.05, 0) is 47.5 Å². The molecule has 0 bridgehead atoms. The van der Waals surface area contributed by atoms with Gasteiger partial charge in [0, 0.05) is 18.3 Å². The molecule has 0 saturated heterocycles. The largest absolute Gasteiger partial charge is 0.493 e. The van der Waals surface area contributed by atoms with Gasteiger partial charge in [0.15, 0.2) is 5.69 Å². The molecule has 2 heterocycles. The Balaban J connectivity index is 1.40. The first-order valence-electron chi connectivity index (χ1n) is 8.66. The number of rotatable bonds is 4. The first kappa shape index (κ1) is 18.1. The van der Waals surface area contributed by atoms with Crippen molar-refractivity contribution < 1.29 is 22.7 Å². The van der Waals surface area contributed by atoms with Gasteiger partial charge in [-0.15, -0.1) is 0 Å². The van der Waals surface area contributed by atoms with Gasteiger partial charge in [0.05, 0.1) is 18.7 Å². The van der Waals surface area contributed by atoms with Crippen molar-refractivity contribution in [3.05, 3.63) is 71.5 Å². The molecule has 1 aromatic heterocycles. The summed E-state index contributed by atoms with van der Waals surface area (Å²) in [7, 11) is 0. The number of aromatic nitrogens is 2. The lowest BCUT2D eigenvalue weighted by Crippen LogP contribution is -2.14. The monoisotopic (exact) mass is 387 g/mol. The van der Waals surface area contributed by atoms with E-state index in [1.54, 1.807) is 24.3 Å². The smallest absolute Gasteiger partial charge is 0.435 e. The van der Waals surface area contributed by atoms with Crippen LogP contribution in [0, 0.1) is 0 Å². The number of hydrogen-bond acceptors (Lipinski definition) is 3. The van der Waals surface area contributed by atoms with Gasteiger partial charge >= 0.3 is 6.18 Å². The number of hydrogen-bond donors (Lipinski definition) is 1. The van der Waals surface area contributed by atoms with E-state index in [0.29, 0.717) is 18.0 Å². The Hall–Kier alpha value is -3.29. The van der Waals surface area contributed by atoms with Gasteiger partial charge in [0.2, 0.25) is 5.91 Å². The zero-order valence-electron chi connectivity index (χ0n) is 14.7. The molecular weight excluding hydrogens is 371 g/mol. The number of anilines is 1. The molecule has 1 aliphatic heterocycles. The van der Waals surface area contributed by atoms with E-state index in [-0.39, 0.29) is 12.3 Å². The van der Waals surface area contributed by atoms with Crippen LogP contribution in [0.3, 0.4) is 0 Å². The maximum Gasteiger partial charge on any atom is 0.435 e. The Labute approximate surface area is 158 Å². The van der Waals surface area contributed by atoms with Crippen LogP contribution < -0.4 is 10.1 Å². The fourth-order valence-corrected chi connectivity index (χ4v) is 3.06. The number of alkyl halides is 3. The highest BCUT2D eigenvalue weighted by Gasteiger charge is 2.33. The van der Waals surface area contributed by atoms with Crippen LogP contribution in [-0.2, 0) is 23.8 Å². The second-order valence-electron chi connectivity index (χ2n) is 6.46. The molecule has 0 atom stereocenters. The molecule has 0 spiro atoms. The summed E-state index contributed by atoms with van der Waals surface area (Å²) in [4.78, 5) is 12.3. The van der Waals surface area contributed by atoms with Crippen molar-refractivity contribution in [3.8, 4) is 11.4 Å². The van der Waals surface area contributed by atoms with Crippen LogP contribution in [-0.4, -0.2) is 22.3 Å². The molecule has 8 heteroatoms. The number of benzene rings is 2. The van der Waals surface area contributed by atoms with E-state index in [2.05, 4.69) is 10.4 Å². The molecule has 1 amide bonds. The SMILES string of the molecule is O=C(Cc1ccc2c(c1)CCO2)Nc1ccc(-n2ccc(C(F)(F)F)n2)cc1. The summed E-state index contributed by atoms with van der Waals surface area (Å²) >= 11 is 0. The Morgan fingerprint density at radius 2 is 1.93 bits per heavy atom. The normalized spacial score (nSPS) is 13.1. The molecule has 4 rings (SSSR count). The molecule has 2 aromatic carbocycles. The summed E-state index contributed by atoms with van der Waals surface area (Å²) in [6.07, 6.45) is -2.17. The van der Waals surface area contributed by atoms with Crippen molar-refractivity contribution in [2.75, 3.05) is 11.9 Å². The van der Waals surface area contributed by atoms with Gasteiger partial charge in [-0.2, -0.15) is 18.3 Å². The summed E-state index contributed by atoms with van der Waals surface area (Å²) in [5.74, 6) is 0.692. The first-order chi connectivity index (χ1) is 13.4. The minimum Gasteiger partial charge on any atom is -0.493 e. The van der Waals surface area contributed by atoms with E-state index in [4.69, 9.17) is 4.74 Å². The number of nitrogens with one attached hydrogen (secondary N) is 1. The lowest BCUT2D eigenvalue weighted by molar-refractivity contribution is -0.141. The molecule has 0 saturated carbocycles. The number of fused-ring (bicyclic) bond motifs is 1. The lowest BCUT2D eigenvalue weighted by atomic mass is 10.1. The van der Waals surface area contributed by atoms with Gasteiger partial charge in [-0.1, -0.05) is 12.1 Å². The van der Waals surface area contributed by atoms with Crippen LogP contribution in [0.25, 0.3) is 5.69 Å². The second-order valence-corrected chi connectivity index (χ2v) is 6.46. The Bertz CT molecular complexity index is 1010. The number of carbonyl (C=O) groups excluding carboxylic acids is 1. The lowest BCUT2D eigenvalue weighted by Gasteiger charge is -2.08. The minimum absolute atomic E-state index is 0.176. The average molecular weight is 387 g/mol. The van der Waals surface area contributed by atoms with Gasteiger partial charge in [0.25, 0.3) is 0 Å². The number of nitrogens with zero attached hydrogens (tertiary/aromatic N) is 2. The fourth-order valence-electron chi connectivity index (χ4n) is 3.06. The molecule has 28 heavy (non-hydrogen) atoms. The molecule has 1 N–H and O–H groups in total. The molecule has 1 aliphatic rings. The first-order valence-corrected chi connectivity index (χ1v) is 8.66. The van der Waals surface area contributed by atoms with Gasteiger partial charge < -0.3 is 10.1 Å². The van der Waals surface area contributed by atoms with Crippen LogP contribution in [0.4, 0.5) is 18.9 Å². The number of amides is 1. The topological polar surface area (TPSA) is 56.1 Å². The Kier molecular flexibility index (Phi) is 4.54. The molecular formula is C20H16F3N3O2. The summed E-state index contributed by atoms with van der Waals surface area (Å²) in [6.45, 7) is 0.665. The van der Waals surface area contributed by atoms with E-state index in [1.807, 2.05) is 18.2 Å². The summed E-state index contributed by atoms with van der Waals surface area (Å²) in [5.41, 5.74) is 2.07. The third kappa shape index (κ3) is 3.85. The molecule has 0 aliphatic carbocycles. The van der Waals surface area contributed by atoms with E-state index in [9.17, 15) is 18.0 Å². The molecule has 0 radical (unpaired) electrons. The third-order valence-corrected chi connectivity index (χ3v) is 4.41. The zero-order chi connectivity index (χ0) is 19.7. The van der Waals surface area contributed by atoms with Crippen molar-refractivity contribution >= 4 is 11.6 Å². The number of carbonyl (C=O) groups is 1. The highest BCUT2D eigenvalue weighted by Crippen LogP contribution is 2.28. The van der Waals surface area contributed by atoms with Crippen LogP contribution in [0.5, 0.6) is 5.75 Å². The van der Waals surface area contributed by atoms with E-state index in [1.165, 1.54) is 6.20 Å². The van der Waals surface area contributed by atoms with Crippen LogP contribution in [0.15, 0.2) is 54.7 Å². The Morgan fingerprint density at radius 3 is 2.64 bits per heavy atom. The highest BCUT2D eigenvalue weighted by molar-refractivity contribution is 5.92. The highest BCUT2D eigenvalue weighted by atomic mass is 19.4. The summed E-state index contributed by atoms with van der Waals surface area (Å²) in [6, 6.07) is 13.1. The van der Waals surface area contributed by atoms with Crippen LogP contribution in [0.2, 0.25) is 0 Å². The second kappa shape index (κ2) is 7.03. The summed E-state index contributed by atoms with van der Waals surface area (Å²) < 4.78 is 44.5. The molecule has 3 aromatic rings. The third-order valence-electron chi connectivity index (χ3n) is 4.41. The zero-order valence-corrected chi connectivity index (χ0v) is 14.7. The molecule has 0 fully saturated rings.